The molecule has 4 rings (SSSR count). The van der Waals surface area contributed by atoms with E-state index in [2.05, 4.69) is 29.9 Å². The average Bonchev–Trinajstić information content (AvgIpc) is 3.23. The molecule has 13 heteroatoms. The molecule has 0 spiro atoms. The third-order valence-electron chi connectivity index (χ3n) is 5.99. The zero-order valence-corrected chi connectivity index (χ0v) is 20.3. The Morgan fingerprint density at radius 3 is 2.74 bits per heavy atom. The minimum absolute atomic E-state index is 0.0882. The lowest BCUT2D eigenvalue weighted by atomic mass is 10.1. The first-order valence-corrected chi connectivity index (χ1v) is 12.7. The van der Waals surface area contributed by atoms with E-state index in [4.69, 9.17) is 10.2 Å². The number of carbonyl (C=O) groups is 1. The van der Waals surface area contributed by atoms with Crippen molar-refractivity contribution in [2.75, 3.05) is 43.1 Å². The van der Waals surface area contributed by atoms with Gasteiger partial charge in [0.1, 0.15) is 17.8 Å². The number of nitrogens with zero attached hydrogens (tertiary/aromatic N) is 4. The summed E-state index contributed by atoms with van der Waals surface area (Å²) >= 11 is 0. The van der Waals surface area contributed by atoms with Crippen molar-refractivity contribution in [2.24, 2.45) is 0 Å². The Morgan fingerprint density at radius 2 is 2.03 bits per heavy atom. The zero-order chi connectivity index (χ0) is 25.2. The monoisotopic (exact) mass is 503 g/mol. The number of piperazine rings is 1. The number of rotatable bonds is 7. The summed E-state index contributed by atoms with van der Waals surface area (Å²) in [6, 6.07) is 4.33. The van der Waals surface area contributed by atoms with E-state index in [-0.39, 0.29) is 17.0 Å². The predicted molar refractivity (Wildman–Crippen MR) is 131 cm³/mol. The lowest BCUT2D eigenvalue weighted by Gasteiger charge is -2.40. The Kier molecular flexibility index (Phi) is 7.21. The molecule has 3 aromatic rings. The number of urea groups is 1. The number of amides is 2. The van der Waals surface area contributed by atoms with E-state index in [0.29, 0.717) is 25.3 Å². The molecule has 1 atom stereocenters. The first-order chi connectivity index (χ1) is 16.7. The normalized spacial score (nSPS) is 16.8. The van der Waals surface area contributed by atoms with Crippen LogP contribution < -0.4 is 14.9 Å². The number of aryl methyl sites for hydroxylation is 1. The molecule has 0 saturated carbocycles. The zero-order valence-electron chi connectivity index (χ0n) is 19.5. The second kappa shape index (κ2) is 10.2. The third-order valence-corrected chi connectivity index (χ3v) is 7.51. The van der Waals surface area contributed by atoms with Crippen LogP contribution in [-0.2, 0) is 10.0 Å². The molecule has 2 aromatic heterocycles. The number of nitrogens with one attached hydrogen (secondary N) is 3. The van der Waals surface area contributed by atoms with E-state index < -0.39 is 29.3 Å². The smallest absolute Gasteiger partial charge is 0.322 e. The molecule has 1 saturated heterocycles. The van der Waals surface area contributed by atoms with Gasteiger partial charge in [0.15, 0.2) is 0 Å². The van der Waals surface area contributed by atoms with Gasteiger partial charge in [0.05, 0.1) is 29.5 Å². The lowest BCUT2D eigenvalue weighted by Crippen LogP contribution is -2.55. The Balaban J connectivity index is 1.44. The summed E-state index contributed by atoms with van der Waals surface area (Å²) in [4.78, 5) is 28.7. The van der Waals surface area contributed by atoms with E-state index in [1.807, 2.05) is 20.0 Å². The van der Waals surface area contributed by atoms with Crippen molar-refractivity contribution in [3.63, 3.8) is 0 Å². The molecular formula is C22H29N7O5S. The second-order valence-electron chi connectivity index (χ2n) is 8.52. The molecule has 2 amide bonds. The van der Waals surface area contributed by atoms with E-state index >= 15 is 0 Å². The molecule has 0 radical (unpaired) electrons. The van der Waals surface area contributed by atoms with E-state index in [1.54, 1.807) is 11.0 Å². The van der Waals surface area contributed by atoms with Crippen LogP contribution in [0.5, 0.6) is 0 Å². The molecular weight excluding hydrogens is 474 g/mol. The predicted octanol–water partition coefficient (Wildman–Crippen LogP) is 0.640. The maximum absolute atomic E-state index is 13.0. The number of hydrogen-bond donors (Lipinski definition) is 5. The van der Waals surface area contributed by atoms with Crippen LogP contribution in [0.3, 0.4) is 0 Å². The van der Waals surface area contributed by atoms with E-state index in [9.17, 15) is 13.2 Å². The molecule has 0 bridgehead atoms. The molecule has 188 valence electrons. The lowest BCUT2D eigenvalue weighted by molar-refractivity contribution is 0.184. The van der Waals surface area contributed by atoms with Gasteiger partial charge in [-0.25, -0.2) is 27.9 Å². The molecule has 5 N–H and O–H groups in total. The minimum atomic E-state index is -3.99. The molecule has 12 nitrogen and oxygen atoms in total. The topological polar surface area (TPSA) is 164 Å². The molecule has 1 fully saturated rings. The first kappa shape index (κ1) is 24.9. The summed E-state index contributed by atoms with van der Waals surface area (Å²) in [6.07, 6.45) is 3.42. The van der Waals surface area contributed by atoms with Crippen molar-refractivity contribution >= 4 is 38.6 Å². The fourth-order valence-electron chi connectivity index (χ4n) is 4.15. The van der Waals surface area contributed by atoms with Crippen molar-refractivity contribution in [2.45, 2.75) is 30.8 Å². The van der Waals surface area contributed by atoms with Gasteiger partial charge in [-0.1, -0.05) is 6.07 Å². The van der Waals surface area contributed by atoms with Gasteiger partial charge >= 0.3 is 6.03 Å². The van der Waals surface area contributed by atoms with Crippen LogP contribution in [0.4, 0.5) is 16.3 Å². The van der Waals surface area contributed by atoms with Gasteiger partial charge in [-0.2, -0.15) is 0 Å². The number of aromatic nitrogens is 3. The Labute approximate surface area is 203 Å². The first-order valence-electron chi connectivity index (χ1n) is 11.2. The maximum atomic E-state index is 13.0. The molecule has 0 aliphatic carbocycles. The number of sulfonamides is 1. The fraction of sp³-hybridized carbons (Fsp3) is 0.409. The molecule has 1 aromatic carbocycles. The number of aliphatic hydroxyl groups excluding tert-OH is 2. The fourth-order valence-corrected chi connectivity index (χ4v) is 5.41. The summed E-state index contributed by atoms with van der Waals surface area (Å²) in [5.41, 5.74) is 2.14. The van der Waals surface area contributed by atoms with Crippen LogP contribution in [-0.4, -0.2) is 89.4 Å². The molecule has 35 heavy (non-hydrogen) atoms. The summed E-state index contributed by atoms with van der Waals surface area (Å²) in [6.45, 7) is 4.47. The summed E-state index contributed by atoms with van der Waals surface area (Å²) < 4.78 is 27.3. The number of fused-ring (bicyclic) bond motifs is 1. The van der Waals surface area contributed by atoms with Gasteiger partial charge in [-0.3, -0.25) is 0 Å². The van der Waals surface area contributed by atoms with E-state index in [1.165, 1.54) is 24.5 Å². The van der Waals surface area contributed by atoms with Gasteiger partial charge in [0, 0.05) is 37.6 Å². The third kappa shape index (κ3) is 5.22. The minimum Gasteiger partial charge on any atom is -0.395 e. The van der Waals surface area contributed by atoms with Gasteiger partial charge in [0.2, 0.25) is 10.0 Å². The highest BCUT2D eigenvalue weighted by atomic mass is 32.2. The number of anilines is 2. The van der Waals surface area contributed by atoms with Crippen LogP contribution in [0.15, 0.2) is 41.7 Å². The molecule has 1 aliphatic rings. The van der Waals surface area contributed by atoms with Crippen molar-refractivity contribution < 1.29 is 23.4 Å². The van der Waals surface area contributed by atoms with Crippen LogP contribution in [0, 0.1) is 6.92 Å². The Morgan fingerprint density at radius 1 is 1.26 bits per heavy atom. The quantitative estimate of drug-likeness (QED) is 0.314. The van der Waals surface area contributed by atoms with Gasteiger partial charge in [0.25, 0.3) is 0 Å². The second-order valence-corrected chi connectivity index (χ2v) is 10.2. The van der Waals surface area contributed by atoms with Gasteiger partial charge in [-0.15, -0.1) is 0 Å². The van der Waals surface area contributed by atoms with Gasteiger partial charge < -0.3 is 30.3 Å². The number of hydrogen-bond acceptors (Lipinski definition) is 8. The van der Waals surface area contributed by atoms with Crippen molar-refractivity contribution in [3.05, 3.63) is 42.4 Å². The molecule has 1 aliphatic heterocycles. The Hall–Kier alpha value is -3.26. The number of aliphatic hydroxyl groups is 2. The number of carbonyl (C=O) groups excluding carboxylic acids is 1. The van der Waals surface area contributed by atoms with Crippen molar-refractivity contribution in [3.8, 4) is 0 Å². The summed E-state index contributed by atoms with van der Waals surface area (Å²) in [5, 5.41) is 22.1. The largest absolute Gasteiger partial charge is 0.395 e. The maximum Gasteiger partial charge on any atom is 0.322 e. The van der Waals surface area contributed by atoms with Crippen LogP contribution in [0.25, 0.3) is 11.0 Å². The summed E-state index contributed by atoms with van der Waals surface area (Å²) in [5.74, 6) is 0.829. The molecule has 3 heterocycles. The number of benzene rings is 1. The van der Waals surface area contributed by atoms with Crippen molar-refractivity contribution in [1.82, 2.24) is 24.6 Å². The van der Waals surface area contributed by atoms with Crippen LogP contribution in [0.1, 0.15) is 12.5 Å². The Bertz CT molecular complexity index is 1310. The number of aromatic amines is 1. The highest BCUT2D eigenvalue weighted by Gasteiger charge is 2.29. The SMILES string of the molecule is Cc1c[nH]c2ncnc(N3CCN(C(=O)Nc4cccc(S(=O)(=O)NC(CO)CO)c4)[C@@H](C)C3)c12. The van der Waals surface area contributed by atoms with E-state index in [0.717, 1.165) is 22.4 Å². The highest BCUT2D eigenvalue weighted by Crippen LogP contribution is 2.28. The number of H-pyrrole nitrogens is 1. The van der Waals surface area contributed by atoms with Crippen LogP contribution >= 0.6 is 0 Å². The standard InChI is InChI=1S/C22H29N7O5S/c1-14-9-23-20-19(14)21(25-13-24-20)28-6-7-29(15(2)10-28)22(32)26-16-4-3-5-18(8-16)35(33,34)27-17(11-30)12-31/h3-5,8-9,13,15,17,27,30-31H,6-7,10-12H2,1-2H3,(H,26,32)(H,23,24,25)/t15-/m0/s1. The van der Waals surface area contributed by atoms with Gasteiger partial charge in [-0.05, 0) is 37.6 Å². The average molecular weight is 504 g/mol. The molecule has 0 unspecified atom stereocenters. The van der Waals surface area contributed by atoms with Crippen molar-refractivity contribution in [1.29, 1.82) is 0 Å². The highest BCUT2D eigenvalue weighted by molar-refractivity contribution is 7.89. The summed E-state index contributed by atoms with van der Waals surface area (Å²) in [7, 11) is -3.99. The van der Waals surface area contributed by atoms with Crippen LogP contribution in [0.2, 0.25) is 0 Å².